The third-order valence-corrected chi connectivity index (χ3v) is 13.5. The average molecular weight is 826 g/mol. The molecule has 4 saturated heterocycles. The van der Waals surface area contributed by atoms with Gasteiger partial charge < -0.3 is 39.8 Å². The highest BCUT2D eigenvalue weighted by Crippen LogP contribution is 2.37. The van der Waals surface area contributed by atoms with Crippen molar-refractivity contribution in [2.24, 2.45) is 0 Å². The fraction of sp³-hybridized carbons (Fsp3) is 0.622. The largest absolute Gasteiger partial charge is 0.481 e. The van der Waals surface area contributed by atoms with Gasteiger partial charge in [0.05, 0.1) is 43.4 Å². The van der Waals surface area contributed by atoms with Crippen molar-refractivity contribution in [2.45, 2.75) is 139 Å². The summed E-state index contributed by atoms with van der Waals surface area (Å²) in [6.45, 7) is 9.22. The first-order valence-electron chi connectivity index (χ1n) is 21.1. The second-order valence-electron chi connectivity index (χ2n) is 15.7. The number of carboxylic acid groups (broad SMARTS) is 1. The van der Waals surface area contributed by atoms with Crippen LogP contribution in [-0.4, -0.2) is 115 Å². The molecule has 322 valence electrons. The van der Waals surface area contributed by atoms with Crippen LogP contribution in [0.15, 0.2) is 60.7 Å². The first kappa shape index (κ1) is 48.6. The van der Waals surface area contributed by atoms with E-state index < -0.39 is 11.6 Å². The van der Waals surface area contributed by atoms with E-state index in [4.69, 9.17) is 19.4 Å². The van der Waals surface area contributed by atoms with E-state index in [0.717, 1.165) is 67.7 Å². The van der Waals surface area contributed by atoms with E-state index in [0.29, 0.717) is 30.7 Å². The third kappa shape index (κ3) is 14.2. The Labute approximate surface area is 350 Å². The molecule has 4 aliphatic rings. The summed E-state index contributed by atoms with van der Waals surface area (Å²) in [6, 6.07) is 21.1. The van der Waals surface area contributed by atoms with Crippen LogP contribution in [0.1, 0.15) is 109 Å². The number of methoxy groups -OCH3 is 2. The van der Waals surface area contributed by atoms with Crippen LogP contribution >= 0.6 is 11.8 Å². The van der Waals surface area contributed by atoms with E-state index in [1.54, 1.807) is 7.11 Å². The highest BCUT2D eigenvalue weighted by atomic mass is 32.2. The molecule has 4 aliphatic heterocycles. The van der Waals surface area contributed by atoms with Crippen molar-refractivity contribution < 1.29 is 43.0 Å². The summed E-state index contributed by atoms with van der Waals surface area (Å²) in [7, 11) is 3.44. The Hall–Kier alpha value is -3.78. The van der Waals surface area contributed by atoms with Gasteiger partial charge >= 0.3 is 6.03 Å². The second kappa shape index (κ2) is 25.6. The molecule has 2 aromatic carbocycles. The molecular formula is C45H69N4O8S+. The Morgan fingerprint density at radius 1 is 0.948 bits per heavy atom. The maximum atomic E-state index is 11.5. The van der Waals surface area contributed by atoms with Gasteiger partial charge in [0.1, 0.15) is 6.29 Å². The zero-order chi connectivity index (χ0) is 42.4. The molecule has 12 nitrogen and oxygen atoms in total. The van der Waals surface area contributed by atoms with Gasteiger partial charge in [-0.15, -0.1) is 0 Å². The van der Waals surface area contributed by atoms with Crippen LogP contribution in [0.3, 0.4) is 0 Å². The zero-order valence-corrected chi connectivity index (χ0v) is 36.2. The summed E-state index contributed by atoms with van der Waals surface area (Å²) < 4.78 is 12.6. The minimum atomic E-state index is -1.01. The van der Waals surface area contributed by atoms with E-state index >= 15 is 0 Å². The summed E-state index contributed by atoms with van der Waals surface area (Å²) in [5, 5.41) is 16.5. The molecule has 4 fully saturated rings. The number of aldehydes is 2. The number of rotatable bonds is 14. The van der Waals surface area contributed by atoms with Gasteiger partial charge in [0.2, 0.25) is 5.91 Å². The second-order valence-corrected chi connectivity index (χ2v) is 17.0. The lowest BCUT2D eigenvalue weighted by Gasteiger charge is -2.53. The van der Waals surface area contributed by atoms with Gasteiger partial charge in [0.15, 0.2) is 11.9 Å². The number of unbranched alkanes of at least 4 members (excludes halogenated alkanes) is 1. The topological polar surface area (TPSA) is 160 Å². The lowest BCUT2D eigenvalue weighted by Crippen LogP contribution is -2.65. The number of benzene rings is 2. The molecule has 0 aliphatic carbocycles. The number of thioether (sulfide) groups is 1. The fourth-order valence-corrected chi connectivity index (χ4v) is 10.5. The normalized spacial score (nSPS) is 24.3. The van der Waals surface area contributed by atoms with Gasteiger partial charge in [0, 0.05) is 64.4 Å². The van der Waals surface area contributed by atoms with Gasteiger partial charge in [-0.05, 0) is 63.0 Å². The number of quaternary nitrogens is 1. The number of amides is 3. The number of ether oxygens (including phenoxy) is 2. The van der Waals surface area contributed by atoms with Crippen LogP contribution in [0.25, 0.3) is 0 Å². The summed E-state index contributed by atoms with van der Waals surface area (Å²) >= 11 is 1.90. The van der Waals surface area contributed by atoms with Crippen molar-refractivity contribution in [2.75, 3.05) is 39.6 Å². The number of carbonyl (C=O) groups excluding carboxylic acids is 4. The van der Waals surface area contributed by atoms with Crippen molar-refractivity contribution in [1.82, 2.24) is 16.0 Å². The molecule has 58 heavy (non-hydrogen) atoms. The minimum Gasteiger partial charge on any atom is -0.481 e. The number of fused-ring (bicyclic) bond motifs is 1. The Morgan fingerprint density at radius 2 is 1.55 bits per heavy atom. The number of urea groups is 1. The molecule has 0 saturated carbocycles. The number of hydrogen-bond acceptors (Lipinski definition) is 8. The molecule has 4 heterocycles. The molecule has 0 aromatic heterocycles. The molecule has 3 amide bonds. The highest BCUT2D eigenvalue weighted by molar-refractivity contribution is 8.00. The quantitative estimate of drug-likeness (QED) is 0.0710. The summed E-state index contributed by atoms with van der Waals surface area (Å²) in [4.78, 5) is 53.3. The molecule has 4 unspecified atom stereocenters. The lowest BCUT2D eigenvalue weighted by atomic mass is 9.87. The number of carbonyl (C=O) groups is 5. The predicted molar refractivity (Wildman–Crippen MR) is 230 cm³/mol. The van der Waals surface area contributed by atoms with Crippen LogP contribution < -0.4 is 16.0 Å². The van der Waals surface area contributed by atoms with Crippen LogP contribution in [0.2, 0.25) is 0 Å². The van der Waals surface area contributed by atoms with Gasteiger partial charge in [-0.1, -0.05) is 74.0 Å². The Balaban J connectivity index is 0.000000223. The van der Waals surface area contributed by atoms with Gasteiger partial charge in [-0.25, -0.2) is 4.79 Å². The molecule has 1 spiro atoms. The smallest absolute Gasteiger partial charge is 0.315 e. The number of nitrogens with zero attached hydrogens (tertiary/aromatic N) is 1. The zero-order valence-electron chi connectivity index (χ0n) is 35.4. The molecule has 6 atom stereocenters. The van der Waals surface area contributed by atoms with Crippen molar-refractivity contribution in [3.8, 4) is 0 Å². The number of hydrogen-bond donors (Lipinski definition) is 4. The summed E-state index contributed by atoms with van der Waals surface area (Å²) in [5.74, 6) is 0.153. The standard InChI is InChI=1S/C15H30NO.C15H14O2.C13H21N3O3S.C2H4O2/c1-4-14-12-15(17-3)11-13(2)16(14)9-7-5-6-8-10-16;1-17-15(12-16,13-8-4-2-5-9-13)14-10-6-3-7-11-14;17-7-3-6-14-11(18)5-2-1-4-10-12-9(8-20-10)15-13(19)16-12;1-2(3)4/h13-15H,4-12H2,1-3H3;2-12H,1H3;7,9-10,12H,1-6,8H2,(H,14,18)(H2,15,16,19);1H3,(H,3,4)/q+1;;;/t;;9-,10?,12-;/m..0./s1. The van der Waals surface area contributed by atoms with E-state index in [2.05, 4.69) is 29.8 Å². The monoisotopic (exact) mass is 825 g/mol. The molecule has 2 aromatic rings. The van der Waals surface area contributed by atoms with E-state index in [9.17, 15) is 19.2 Å². The van der Waals surface area contributed by atoms with Gasteiger partial charge in [0.25, 0.3) is 5.97 Å². The minimum absolute atomic E-state index is 0.0136. The average Bonchev–Trinajstić information content (AvgIpc) is 3.68. The first-order chi connectivity index (χ1) is 28.0. The molecule has 0 radical (unpaired) electrons. The van der Waals surface area contributed by atoms with Crippen LogP contribution in [0, 0.1) is 0 Å². The van der Waals surface area contributed by atoms with Crippen molar-refractivity contribution >= 4 is 42.2 Å². The number of piperidine rings is 1. The molecule has 0 bridgehead atoms. The summed E-state index contributed by atoms with van der Waals surface area (Å²) in [5.41, 5.74) is 0.662. The maximum Gasteiger partial charge on any atom is 0.315 e. The van der Waals surface area contributed by atoms with E-state index in [-0.39, 0.29) is 24.0 Å². The van der Waals surface area contributed by atoms with Gasteiger partial charge in [-0.2, -0.15) is 11.8 Å². The Bertz CT molecular complexity index is 1480. The maximum absolute atomic E-state index is 11.5. The Kier molecular flexibility index (Phi) is 21.5. The van der Waals surface area contributed by atoms with E-state index in [1.165, 1.54) is 62.5 Å². The molecule has 13 heteroatoms. The number of carboxylic acids is 1. The SMILES string of the molecule is CC(=O)O.CCC1CC(OC)CC(C)[N+]12CCCCCC2.COC(C=O)(c1ccccc1)c1ccccc1.O=CCCNC(=O)CCCCC1SC[C@@H]2NC(=O)N[C@H]12. The van der Waals surface area contributed by atoms with Crippen molar-refractivity contribution in [3.05, 3.63) is 71.8 Å². The Morgan fingerprint density at radius 3 is 2.07 bits per heavy atom. The van der Waals surface area contributed by atoms with Crippen LogP contribution in [0.5, 0.6) is 0 Å². The number of aliphatic carboxylic acids is 1. The van der Waals surface area contributed by atoms with Crippen molar-refractivity contribution in [3.63, 3.8) is 0 Å². The molecular weight excluding hydrogens is 757 g/mol. The highest BCUT2D eigenvalue weighted by Gasteiger charge is 2.46. The fourth-order valence-electron chi connectivity index (χ4n) is 8.96. The molecule has 4 N–H and O–H groups in total. The first-order valence-corrected chi connectivity index (χ1v) is 22.1. The van der Waals surface area contributed by atoms with Crippen molar-refractivity contribution in [1.29, 1.82) is 0 Å². The molecule has 6 rings (SSSR count). The summed E-state index contributed by atoms with van der Waals surface area (Å²) in [6.07, 6.45) is 15.6. The van der Waals surface area contributed by atoms with Gasteiger partial charge in [-0.3, -0.25) is 14.4 Å². The van der Waals surface area contributed by atoms with Crippen LogP contribution in [-0.2, 0) is 34.3 Å². The number of nitrogens with one attached hydrogen (secondary N) is 3. The predicted octanol–water partition coefficient (Wildman–Crippen LogP) is 6.64. The van der Waals surface area contributed by atoms with E-state index in [1.807, 2.05) is 79.5 Å². The van der Waals surface area contributed by atoms with Crippen LogP contribution in [0.4, 0.5) is 4.79 Å². The third-order valence-electron chi connectivity index (χ3n) is 12.0. The lowest BCUT2D eigenvalue weighted by molar-refractivity contribution is -0.977.